The number of hydrogen-bond donors (Lipinski definition) is 0. The lowest BCUT2D eigenvalue weighted by atomic mass is 9.35. The predicted octanol–water partition coefficient (Wildman–Crippen LogP) is 8.91. The van der Waals surface area contributed by atoms with Crippen LogP contribution in [0.3, 0.4) is 0 Å². The van der Waals surface area contributed by atoms with Gasteiger partial charge in [-0.05, 0) is 118 Å². The maximum atomic E-state index is 11.8. The van der Waals surface area contributed by atoms with E-state index in [1.54, 1.807) is 6.92 Å². The molecular weight excluding hydrogens is 416 g/mol. The maximum Gasteiger partial charge on any atom is 0.302 e. The molecule has 0 bridgehead atoms. The monoisotopic (exact) mass is 468 g/mol. The van der Waals surface area contributed by atoms with Gasteiger partial charge in [0.1, 0.15) is 6.10 Å². The first-order valence-corrected chi connectivity index (χ1v) is 14.3. The minimum Gasteiger partial charge on any atom is -0.462 e. The molecule has 0 aliphatic heterocycles. The fraction of sp³-hybridized carbons (Fsp3) is 0.844. The van der Waals surface area contributed by atoms with Crippen LogP contribution in [0.4, 0.5) is 0 Å². The first-order valence-electron chi connectivity index (χ1n) is 14.3. The van der Waals surface area contributed by atoms with Gasteiger partial charge in [0, 0.05) is 12.3 Å². The Bertz CT molecular complexity index is 847. The summed E-state index contributed by atoms with van der Waals surface area (Å²) in [5.74, 6) is 2.81. The van der Waals surface area contributed by atoms with E-state index in [4.69, 9.17) is 4.74 Å². The van der Waals surface area contributed by atoms with Gasteiger partial charge in [-0.3, -0.25) is 4.79 Å². The van der Waals surface area contributed by atoms with Crippen LogP contribution in [0.5, 0.6) is 0 Å². The minimum absolute atomic E-state index is 0.0508. The first-order chi connectivity index (χ1) is 15.8. The second-order valence-corrected chi connectivity index (χ2v) is 14.3. The molecule has 0 aromatic rings. The molecule has 8 atom stereocenters. The van der Waals surface area contributed by atoms with Crippen molar-refractivity contribution < 1.29 is 9.53 Å². The van der Waals surface area contributed by atoms with E-state index < -0.39 is 0 Å². The van der Waals surface area contributed by atoms with E-state index in [-0.39, 0.29) is 17.5 Å². The van der Waals surface area contributed by atoms with Gasteiger partial charge >= 0.3 is 5.97 Å². The van der Waals surface area contributed by atoms with Gasteiger partial charge < -0.3 is 4.74 Å². The maximum absolute atomic E-state index is 11.8. The third kappa shape index (κ3) is 3.85. The highest BCUT2D eigenvalue weighted by Gasteiger charge is 2.68. The predicted molar refractivity (Wildman–Crippen MR) is 142 cm³/mol. The van der Waals surface area contributed by atoms with Crippen molar-refractivity contribution in [3.8, 4) is 0 Å². The summed E-state index contributed by atoms with van der Waals surface area (Å²) in [5.41, 5.74) is 4.17. The third-order valence-corrected chi connectivity index (χ3v) is 12.2. The molecule has 2 nitrogen and oxygen atoms in total. The van der Waals surface area contributed by atoms with Crippen molar-refractivity contribution in [2.24, 2.45) is 45.3 Å². The standard InChI is InChI=1S/C32H52O2/c1-21(2)11-10-12-22(3)24-15-19-31(8)25(24)13-14-27-30(7)18-17-28(34-23(4)33)29(5,6)26(30)16-20-32(27,31)9/h11,24-28H,3,10,12-20H2,1-2,4-9H3/t24?,25?,26?,27?,28-,30-,31+,32+/m0/s1. The van der Waals surface area contributed by atoms with Crippen LogP contribution in [0.1, 0.15) is 120 Å². The van der Waals surface area contributed by atoms with Crippen molar-refractivity contribution >= 4 is 5.97 Å². The van der Waals surface area contributed by atoms with E-state index in [1.807, 2.05) is 0 Å². The molecule has 4 rings (SSSR count). The van der Waals surface area contributed by atoms with Crippen LogP contribution in [0.25, 0.3) is 0 Å². The van der Waals surface area contributed by atoms with Crippen LogP contribution in [0, 0.1) is 45.3 Å². The van der Waals surface area contributed by atoms with E-state index in [1.165, 1.54) is 56.1 Å². The number of rotatable bonds is 5. The van der Waals surface area contributed by atoms with E-state index >= 15 is 0 Å². The highest BCUT2D eigenvalue weighted by molar-refractivity contribution is 5.66. The van der Waals surface area contributed by atoms with Crippen LogP contribution in [-0.2, 0) is 9.53 Å². The van der Waals surface area contributed by atoms with Gasteiger partial charge in [-0.15, -0.1) is 0 Å². The van der Waals surface area contributed by atoms with E-state index in [9.17, 15) is 4.79 Å². The molecule has 192 valence electrons. The van der Waals surface area contributed by atoms with Gasteiger partial charge in [0.2, 0.25) is 0 Å². The molecule has 0 spiro atoms. The van der Waals surface area contributed by atoms with Gasteiger partial charge in [0.15, 0.2) is 0 Å². The second kappa shape index (κ2) is 8.81. The van der Waals surface area contributed by atoms with E-state index in [0.717, 1.165) is 37.0 Å². The number of allylic oxidation sites excluding steroid dienone is 3. The Kier molecular flexibility index (Phi) is 6.74. The quantitative estimate of drug-likeness (QED) is 0.297. The lowest BCUT2D eigenvalue weighted by Gasteiger charge is -2.70. The summed E-state index contributed by atoms with van der Waals surface area (Å²) in [5, 5.41) is 0. The lowest BCUT2D eigenvalue weighted by molar-refractivity contribution is -0.226. The number of esters is 1. The molecule has 0 saturated heterocycles. The number of fused-ring (bicyclic) bond motifs is 5. The molecule has 0 amide bonds. The molecule has 4 unspecified atom stereocenters. The molecule has 0 heterocycles. The van der Waals surface area contributed by atoms with Gasteiger partial charge in [-0.1, -0.05) is 58.4 Å². The minimum atomic E-state index is -0.114. The molecule has 0 aromatic carbocycles. The van der Waals surface area contributed by atoms with E-state index in [0.29, 0.717) is 22.2 Å². The number of hydrogen-bond acceptors (Lipinski definition) is 2. The van der Waals surface area contributed by atoms with Gasteiger partial charge in [0.25, 0.3) is 0 Å². The molecule has 0 radical (unpaired) electrons. The molecule has 34 heavy (non-hydrogen) atoms. The molecule has 4 aliphatic rings. The van der Waals surface area contributed by atoms with Gasteiger partial charge in [0.05, 0.1) is 0 Å². The average molecular weight is 469 g/mol. The zero-order valence-electron chi connectivity index (χ0n) is 23.6. The molecule has 2 heteroatoms. The summed E-state index contributed by atoms with van der Waals surface area (Å²) < 4.78 is 5.89. The zero-order chi connectivity index (χ0) is 25.1. The number of carbonyl (C=O) groups is 1. The summed E-state index contributed by atoms with van der Waals surface area (Å²) in [6.45, 7) is 23.4. The largest absolute Gasteiger partial charge is 0.462 e. The molecule has 4 fully saturated rings. The summed E-state index contributed by atoms with van der Waals surface area (Å²) in [4.78, 5) is 11.8. The fourth-order valence-electron chi connectivity index (χ4n) is 10.4. The smallest absolute Gasteiger partial charge is 0.302 e. The van der Waals surface area contributed by atoms with Crippen molar-refractivity contribution in [3.63, 3.8) is 0 Å². The molecule has 4 saturated carbocycles. The molecule has 0 N–H and O–H groups in total. The fourth-order valence-corrected chi connectivity index (χ4v) is 10.4. The first kappa shape index (κ1) is 26.0. The Labute approximate surface area is 210 Å². The third-order valence-electron chi connectivity index (χ3n) is 12.2. The summed E-state index contributed by atoms with van der Waals surface area (Å²) >= 11 is 0. The number of ether oxygens (including phenoxy) is 1. The Morgan fingerprint density at radius 1 is 0.882 bits per heavy atom. The molecular formula is C32H52O2. The van der Waals surface area contributed by atoms with Crippen LogP contribution in [0.15, 0.2) is 23.8 Å². The highest BCUT2D eigenvalue weighted by Crippen LogP contribution is 2.75. The van der Waals surface area contributed by atoms with Crippen molar-refractivity contribution in [1.82, 2.24) is 0 Å². The van der Waals surface area contributed by atoms with Crippen LogP contribution in [0.2, 0.25) is 0 Å². The molecule has 0 aromatic heterocycles. The van der Waals surface area contributed by atoms with Crippen LogP contribution < -0.4 is 0 Å². The van der Waals surface area contributed by atoms with Crippen molar-refractivity contribution in [3.05, 3.63) is 23.8 Å². The lowest BCUT2D eigenvalue weighted by Crippen LogP contribution is -2.64. The Hall–Kier alpha value is -1.05. The summed E-state index contributed by atoms with van der Waals surface area (Å²) in [7, 11) is 0. The topological polar surface area (TPSA) is 26.3 Å². The molecule has 4 aliphatic carbocycles. The zero-order valence-corrected chi connectivity index (χ0v) is 23.6. The number of carbonyl (C=O) groups excluding carboxylic acids is 1. The van der Waals surface area contributed by atoms with Gasteiger partial charge in [-0.2, -0.15) is 0 Å². The van der Waals surface area contributed by atoms with E-state index in [2.05, 4.69) is 61.1 Å². The Morgan fingerprint density at radius 2 is 1.56 bits per heavy atom. The summed E-state index contributed by atoms with van der Waals surface area (Å²) in [6.07, 6.45) is 15.1. The van der Waals surface area contributed by atoms with Crippen molar-refractivity contribution in [2.45, 2.75) is 126 Å². The van der Waals surface area contributed by atoms with Crippen LogP contribution >= 0.6 is 0 Å². The average Bonchev–Trinajstić information content (AvgIpc) is 3.08. The highest BCUT2D eigenvalue weighted by atomic mass is 16.5. The Morgan fingerprint density at radius 3 is 2.21 bits per heavy atom. The SMILES string of the molecule is C=C(CCC=C(C)C)C1CC[C@]2(C)C1CCC1[C@@]3(C)CC[C@H](OC(C)=O)C(C)(C)C3CC[C@]12C. The summed E-state index contributed by atoms with van der Waals surface area (Å²) in [6, 6.07) is 0. The second-order valence-electron chi connectivity index (χ2n) is 14.3. The van der Waals surface area contributed by atoms with Crippen LogP contribution in [-0.4, -0.2) is 12.1 Å². The van der Waals surface area contributed by atoms with Gasteiger partial charge in [-0.25, -0.2) is 0 Å². The Balaban J connectivity index is 1.57. The van der Waals surface area contributed by atoms with Crippen molar-refractivity contribution in [1.29, 1.82) is 0 Å². The van der Waals surface area contributed by atoms with Crippen molar-refractivity contribution in [2.75, 3.05) is 0 Å². The normalized spacial score (nSPS) is 44.9.